The lowest BCUT2D eigenvalue weighted by atomic mass is 10.0. The third-order valence-electron chi connectivity index (χ3n) is 6.60. The van der Waals surface area contributed by atoms with Gasteiger partial charge >= 0.3 is 0 Å². The van der Waals surface area contributed by atoms with Crippen LogP contribution < -0.4 is 9.46 Å². The van der Waals surface area contributed by atoms with Crippen molar-refractivity contribution in [2.24, 2.45) is 0 Å². The van der Waals surface area contributed by atoms with E-state index in [0.717, 1.165) is 11.1 Å². The van der Waals surface area contributed by atoms with Crippen LogP contribution in [0.1, 0.15) is 35.1 Å². The number of nitrogens with one attached hydrogen (secondary N) is 1. The number of nitrogens with zero attached hydrogens (tertiary/aromatic N) is 1. The summed E-state index contributed by atoms with van der Waals surface area (Å²) in [5, 5.41) is -0.595. The van der Waals surface area contributed by atoms with Gasteiger partial charge in [0.1, 0.15) is 5.75 Å². The Balaban J connectivity index is 1.63. The summed E-state index contributed by atoms with van der Waals surface area (Å²) in [6.45, 7) is 7.36. The molecule has 186 valence electrons. The van der Waals surface area contributed by atoms with Gasteiger partial charge in [0.05, 0.1) is 28.7 Å². The van der Waals surface area contributed by atoms with Gasteiger partial charge in [-0.3, -0.25) is 4.79 Å². The molecule has 0 aliphatic carbocycles. The summed E-state index contributed by atoms with van der Waals surface area (Å²) in [5.74, 6) is 0.205. The fourth-order valence-corrected chi connectivity index (χ4v) is 7.62. The number of ether oxygens (including phenoxy) is 1. The van der Waals surface area contributed by atoms with E-state index in [0.29, 0.717) is 29.7 Å². The highest BCUT2D eigenvalue weighted by molar-refractivity contribution is 7.92. The second-order valence-electron chi connectivity index (χ2n) is 8.71. The number of piperidine rings is 1. The Morgan fingerprint density at radius 3 is 2.00 bits per heavy atom. The molecule has 1 N–H and O–H groups in total. The molecule has 2 aromatic rings. The maximum Gasteiger partial charge on any atom is 0.241 e. The van der Waals surface area contributed by atoms with Crippen LogP contribution in [0.15, 0.2) is 40.1 Å². The number of likely N-dealkylation sites (tertiary alicyclic amines) is 1. The van der Waals surface area contributed by atoms with Crippen LogP contribution in [0.2, 0.25) is 0 Å². The van der Waals surface area contributed by atoms with E-state index in [1.165, 1.54) is 24.1 Å². The SMILES string of the molecule is COc1ccc(S(=O)(=O)C2CCN(C(=O)CNS(=O)(=O)c3c(C)c(C)cc(C)c3C)CC2)cc1. The summed E-state index contributed by atoms with van der Waals surface area (Å²) in [5.41, 5.74) is 3.06. The molecule has 2 aromatic carbocycles. The Bertz CT molecular complexity index is 1250. The lowest BCUT2D eigenvalue weighted by molar-refractivity contribution is -0.130. The third kappa shape index (κ3) is 5.29. The quantitative estimate of drug-likeness (QED) is 0.616. The predicted octanol–water partition coefficient (Wildman–Crippen LogP) is 2.67. The van der Waals surface area contributed by atoms with Gasteiger partial charge < -0.3 is 9.64 Å². The minimum Gasteiger partial charge on any atom is -0.497 e. The molecular formula is C24H32N2O6S2. The van der Waals surface area contributed by atoms with Crippen molar-refractivity contribution >= 4 is 25.8 Å². The van der Waals surface area contributed by atoms with Gasteiger partial charge in [0.2, 0.25) is 15.9 Å². The van der Waals surface area contributed by atoms with Crippen molar-refractivity contribution in [2.75, 3.05) is 26.7 Å². The number of aryl methyl sites for hydroxylation is 2. The van der Waals surface area contributed by atoms with E-state index in [1.54, 1.807) is 26.0 Å². The van der Waals surface area contributed by atoms with E-state index in [-0.39, 0.29) is 35.3 Å². The van der Waals surface area contributed by atoms with E-state index in [2.05, 4.69) is 4.72 Å². The van der Waals surface area contributed by atoms with E-state index < -0.39 is 25.1 Å². The Labute approximate surface area is 202 Å². The molecule has 1 aliphatic heterocycles. The van der Waals surface area contributed by atoms with Crippen molar-refractivity contribution in [1.82, 2.24) is 9.62 Å². The summed E-state index contributed by atoms with van der Waals surface area (Å²) in [4.78, 5) is 14.7. The maximum atomic E-state index is 13.0. The average molecular weight is 509 g/mol. The van der Waals surface area contributed by atoms with Crippen LogP contribution in [0, 0.1) is 27.7 Å². The standard InChI is InChI=1S/C24H32N2O6S2/c1-16-14-17(2)19(4)24(18(16)3)34(30,31)25-15-23(27)26-12-10-22(11-13-26)33(28,29)21-8-6-20(32-5)7-9-21/h6-9,14,22,25H,10-13,15H2,1-5H3. The first kappa shape index (κ1) is 26.2. The number of sulfone groups is 1. The van der Waals surface area contributed by atoms with Crippen molar-refractivity contribution in [3.05, 3.63) is 52.6 Å². The van der Waals surface area contributed by atoms with Crippen LogP contribution in [-0.4, -0.2) is 59.6 Å². The fraction of sp³-hybridized carbons (Fsp3) is 0.458. The number of sulfonamides is 1. The van der Waals surface area contributed by atoms with Gasteiger partial charge in [-0.15, -0.1) is 0 Å². The number of rotatable bonds is 7. The van der Waals surface area contributed by atoms with Crippen LogP contribution >= 0.6 is 0 Å². The number of hydrogen-bond donors (Lipinski definition) is 1. The van der Waals surface area contributed by atoms with E-state index in [4.69, 9.17) is 4.74 Å². The second kappa shape index (κ2) is 10.1. The number of carbonyl (C=O) groups excluding carboxylic acids is 1. The highest BCUT2D eigenvalue weighted by atomic mass is 32.2. The molecule has 1 aliphatic rings. The Morgan fingerprint density at radius 1 is 0.971 bits per heavy atom. The highest BCUT2D eigenvalue weighted by Gasteiger charge is 2.33. The lowest BCUT2D eigenvalue weighted by Gasteiger charge is -2.32. The van der Waals surface area contributed by atoms with Crippen molar-refractivity contribution in [2.45, 2.75) is 55.6 Å². The first-order valence-electron chi connectivity index (χ1n) is 11.1. The Hall–Kier alpha value is -2.43. The molecule has 1 amide bonds. The van der Waals surface area contributed by atoms with Gasteiger partial charge in [0, 0.05) is 13.1 Å². The molecule has 0 spiro atoms. The summed E-state index contributed by atoms with van der Waals surface area (Å²) in [6.07, 6.45) is 0.588. The molecule has 0 atom stereocenters. The topological polar surface area (TPSA) is 110 Å². The highest BCUT2D eigenvalue weighted by Crippen LogP contribution is 2.27. The van der Waals surface area contributed by atoms with Crippen LogP contribution in [0.3, 0.4) is 0 Å². The summed E-state index contributed by atoms with van der Waals surface area (Å²) in [6, 6.07) is 8.21. The summed E-state index contributed by atoms with van der Waals surface area (Å²) in [7, 11) is -5.90. The summed E-state index contributed by atoms with van der Waals surface area (Å²) < 4.78 is 59.4. The molecule has 1 saturated heterocycles. The third-order valence-corrected chi connectivity index (χ3v) is 10.6. The largest absolute Gasteiger partial charge is 0.497 e. The minimum absolute atomic E-state index is 0.210. The summed E-state index contributed by atoms with van der Waals surface area (Å²) >= 11 is 0. The van der Waals surface area contributed by atoms with Gasteiger partial charge in [0.15, 0.2) is 9.84 Å². The second-order valence-corrected chi connectivity index (χ2v) is 12.6. The number of amides is 1. The average Bonchev–Trinajstić information content (AvgIpc) is 2.81. The lowest BCUT2D eigenvalue weighted by Crippen LogP contribution is -2.46. The van der Waals surface area contributed by atoms with Crippen LogP contribution in [-0.2, 0) is 24.7 Å². The molecule has 0 radical (unpaired) electrons. The maximum absolute atomic E-state index is 13.0. The number of benzene rings is 2. The van der Waals surface area contributed by atoms with Gasteiger partial charge in [-0.1, -0.05) is 6.07 Å². The van der Waals surface area contributed by atoms with Crippen molar-refractivity contribution in [1.29, 1.82) is 0 Å². The van der Waals surface area contributed by atoms with Crippen molar-refractivity contribution < 1.29 is 26.4 Å². The van der Waals surface area contributed by atoms with E-state index in [9.17, 15) is 21.6 Å². The van der Waals surface area contributed by atoms with Crippen LogP contribution in [0.25, 0.3) is 0 Å². The molecule has 8 nitrogen and oxygen atoms in total. The zero-order valence-electron chi connectivity index (χ0n) is 20.2. The van der Waals surface area contributed by atoms with Crippen LogP contribution in [0.5, 0.6) is 5.75 Å². The molecule has 0 saturated carbocycles. The van der Waals surface area contributed by atoms with Gasteiger partial charge in [-0.2, -0.15) is 0 Å². The smallest absolute Gasteiger partial charge is 0.241 e. The Kier molecular flexibility index (Phi) is 7.74. The van der Waals surface area contributed by atoms with Gasteiger partial charge in [0.25, 0.3) is 0 Å². The fourth-order valence-electron chi connectivity index (χ4n) is 4.30. The number of carbonyl (C=O) groups is 1. The molecule has 0 bridgehead atoms. The molecule has 1 fully saturated rings. The first-order valence-corrected chi connectivity index (χ1v) is 14.1. The van der Waals surface area contributed by atoms with Gasteiger partial charge in [-0.25, -0.2) is 21.6 Å². The Morgan fingerprint density at radius 2 is 1.50 bits per heavy atom. The van der Waals surface area contributed by atoms with Crippen LogP contribution in [0.4, 0.5) is 0 Å². The first-order chi connectivity index (χ1) is 15.9. The normalized spacial score (nSPS) is 15.4. The van der Waals surface area contributed by atoms with Gasteiger partial charge in [-0.05, 0) is 87.1 Å². The zero-order valence-corrected chi connectivity index (χ0v) is 21.8. The molecule has 1 heterocycles. The molecule has 10 heteroatoms. The molecule has 0 aromatic heterocycles. The number of methoxy groups -OCH3 is 1. The molecule has 0 unspecified atom stereocenters. The van der Waals surface area contributed by atoms with E-state index >= 15 is 0 Å². The minimum atomic E-state index is -3.88. The van der Waals surface area contributed by atoms with E-state index in [1.807, 2.05) is 19.9 Å². The number of hydrogen-bond acceptors (Lipinski definition) is 6. The zero-order chi connectivity index (χ0) is 25.3. The predicted molar refractivity (Wildman–Crippen MR) is 130 cm³/mol. The molecule has 34 heavy (non-hydrogen) atoms. The monoisotopic (exact) mass is 508 g/mol. The molecular weight excluding hydrogens is 476 g/mol. The van der Waals surface area contributed by atoms with Crippen molar-refractivity contribution in [3.63, 3.8) is 0 Å². The molecule has 3 rings (SSSR count). The van der Waals surface area contributed by atoms with Crippen molar-refractivity contribution in [3.8, 4) is 5.75 Å².